The number of ether oxygens (including phenoxy) is 1. The summed E-state index contributed by atoms with van der Waals surface area (Å²) in [6.45, 7) is 8.24. The van der Waals surface area contributed by atoms with Gasteiger partial charge in [0.2, 0.25) is 0 Å². The highest BCUT2D eigenvalue weighted by molar-refractivity contribution is 7.98. The zero-order chi connectivity index (χ0) is 14.3. The zero-order valence-corrected chi connectivity index (χ0v) is 13.1. The first-order valence-electron chi connectivity index (χ1n) is 6.72. The lowest BCUT2D eigenvalue weighted by atomic mass is 10.2. The number of hydrogen-bond donors (Lipinski definition) is 1. The number of rotatable bonds is 8. The molecule has 1 aromatic rings. The molecule has 0 radical (unpaired) electrons. The maximum absolute atomic E-state index is 9.46. The third kappa shape index (κ3) is 6.32. The van der Waals surface area contributed by atoms with Gasteiger partial charge in [0.05, 0.1) is 6.10 Å². The van der Waals surface area contributed by atoms with Crippen LogP contribution >= 0.6 is 11.8 Å². The Morgan fingerprint density at radius 1 is 1.21 bits per heavy atom. The van der Waals surface area contributed by atoms with Gasteiger partial charge in [-0.05, 0) is 51.3 Å². The molecule has 4 heteroatoms. The van der Waals surface area contributed by atoms with Crippen molar-refractivity contribution in [2.24, 2.45) is 0 Å². The van der Waals surface area contributed by atoms with E-state index in [1.54, 1.807) is 11.8 Å². The summed E-state index contributed by atoms with van der Waals surface area (Å²) >= 11 is 1.73. The maximum atomic E-state index is 9.46. The first-order valence-corrected chi connectivity index (χ1v) is 7.94. The summed E-state index contributed by atoms with van der Waals surface area (Å²) in [6.07, 6.45) is 1.76. The first kappa shape index (κ1) is 16.3. The minimum atomic E-state index is -0.303. The topological polar surface area (TPSA) is 32.7 Å². The average molecular weight is 283 g/mol. The van der Waals surface area contributed by atoms with Crippen molar-refractivity contribution in [3.8, 4) is 5.75 Å². The van der Waals surface area contributed by atoms with Crippen LogP contribution in [0.3, 0.4) is 0 Å². The van der Waals surface area contributed by atoms with Gasteiger partial charge in [-0.25, -0.2) is 0 Å². The van der Waals surface area contributed by atoms with Crippen LogP contribution in [0, 0.1) is 0 Å². The Hall–Kier alpha value is -0.710. The van der Waals surface area contributed by atoms with Crippen molar-refractivity contribution < 1.29 is 9.84 Å². The molecule has 0 fully saturated rings. The molecule has 0 aliphatic heterocycles. The van der Waals surface area contributed by atoms with Gasteiger partial charge >= 0.3 is 0 Å². The monoisotopic (exact) mass is 283 g/mol. The Labute approximate surface area is 121 Å². The lowest BCUT2D eigenvalue weighted by Crippen LogP contribution is -2.39. The van der Waals surface area contributed by atoms with Crippen LogP contribution in [0.1, 0.15) is 20.8 Å². The normalized spacial score (nSPS) is 13.0. The van der Waals surface area contributed by atoms with Crippen molar-refractivity contribution in [3.63, 3.8) is 0 Å². The Morgan fingerprint density at radius 2 is 1.84 bits per heavy atom. The van der Waals surface area contributed by atoms with Gasteiger partial charge in [-0.1, -0.05) is 0 Å². The predicted octanol–water partition coefficient (Wildman–Crippen LogP) is 2.88. The van der Waals surface area contributed by atoms with Gasteiger partial charge in [0.1, 0.15) is 12.4 Å². The van der Waals surface area contributed by atoms with Gasteiger partial charge in [-0.3, -0.25) is 4.90 Å². The van der Waals surface area contributed by atoms with Gasteiger partial charge < -0.3 is 9.84 Å². The first-order chi connectivity index (χ1) is 9.02. The van der Waals surface area contributed by atoms with E-state index in [9.17, 15) is 5.11 Å². The van der Waals surface area contributed by atoms with Gasteiger partial charge in [0.15, 0.2) is 0 Å². The highest BCUT2D eigenvalue weighted by Gasteiger charge is 2.11. The number of benzene rings is 1. The zero-order valence-electron chi connectivity index (χ0n) is 12.3. The summed E-state index contributed by atoms with van der Waals surface area (Å²) in [7, 11) is 0. The molecule has 0 amide bonds. The molecule has 0 spiro atoms. The van der Waals surface area contributed by atoms with E-state index >= 15 is 0 Å². The van der Waals surface area contributed by atoms with Crippen LogP contribution in [0.25, 0.3) is 0 Å². The van der Waals surface area contributed by atoms with Crippen molar-refractivity contribution in [2.75, 3.05) is 26.0 Å². The number of aliphatic hydroxyl groups is 1. The van der Waals surface area contributed by atoms with Crippen molar-refractivity contribution in [1.29, 1.82) is 0 Å². The summed E-state index contributed by atoms with van der Waals surface area (Å²) < 4.78 is 5.74. The highest BCUT2D eigenvalue weighted by atomic mass is 32.2. The molecule has 1 atom stereocenters. The molecule has 0 saturated heterocycles. The van der Waals surface area contributed by atoms with Crippen LogP contribution < -0.4 is 4.74 Å². The third-order valence-corrected chi connectivity index (χ3v) is 3.68. The van der Waals surface area contributed by atoms with Crippen LogP contribution in [-0.4, -0.2) is 48.1 Å². The smallest absolute Gasteiger partial charge is 0.119 e. The minimum absolute atomic E-state index is 0.303. The fourth-order valence-electron chi connectivity index (χ4n) is 1.85. The average Bonchev–Trinajstić information content (AvgIpc) is 2.37. The molecule has 0 aliphatic carbocycles. The summed E-state index contributed by atoms with van der Waals surface area (Å²) in [4.78, 5) is 3.46. The van der Waals surface area contributed by atoms with E-state index in [2.05, 4.69) is 37.1 Å². The number of nitrogens with zero attached hydrogens (tertiary/aromatic N) is 1. The molecule has 108 valence electrons. The Bertz CT molecular complexity index is 352. The largest absolute Gasteiger partial charge is 0.492 e. The minimum Gasteiger partial charge on any atom is -0.492 e. The predicted molar refractivity (Wildman–Crippen MR) is 82.1 cm³/mol. The molecule has 19 heavy (non-hydrogen) atoms. The molecular weight excluding hydrogens is 258 g/mol. The molecule has 3 nitrogen and oxygen atoms in total. The van der Waals surface area contributed by atoms with Crippen molar-refractivity contribution >= 4 is 11.8 Å². The fourth-order valence-corrected chi connectivity index (χ4v) is 2.26. The molecule has 0 bridgehead atoms. The van der Waals surface area contributed by atoms with E-state index in [0.717, 1.165) is 12.3 Å². The second-order valence-corrected chi connectivity index (χ2v) is 5.84. The van der Waals surface area contributed by atoms with E-state index in [0.29, 0.717) is 19.2 Å². The summed E-state index contributed by atoms with van der Waals surface area (Å²) in [5.41, 5.74) is 0. The standard InChI is InChI=1S/C15H25NO2S/c1-12(2)16(11-13(3)17)9-10-18-14-5-7-15(19-4)8-6-14/h5-8,12-13,17H,9-11H2,1-4H3. The number of aliphatic hydroxyl groups excluding tert-OH is 1. The summed E-state index contributed by atoms with van der Waals surface area (Å²) in [5, 5.41) is 9.46. The van der Waals surface area contributed by atoms with Crippen molar-refractivity contribution in [2.45, 2.75) is 37.8 Å². The van der Waals surface area contributed by atoms with Crippen LogP contribution in [0.5, 0.6) is 5.75 Å². The van der Waals surface area contributed by atoms with Gasteiger partial charge in [0.25, 0.3) is 0 Å². The molecule has 1 rings (SSSR count). The summed E-state index contributed by atoms with van der Waals surface area (Å²) in [5.74, 6) is 0.901. The van der Waals surface area contributed by atoms with Gasteiger partial charge in [-0.15, -0.1) is 11.8 Å². The highest BCUT2D eigenvalue weighted by Crippen LogP contribution is 2.18. The Balaban J connectivity index is 2.38. The third-order valence-electron chi connectivity index (χ3n) is 2.94. The number of thioether (sulfide) groups is 1. The van der Waals surface area contributed by atoms with E-state index < -0.39 is 0 Å². The van der Waals surface area contributed by atoms with Crippen LogP contribution in [-0.2, 0) is 0 Å². The van der Waals surface area contributed by atoms with Crippen LogP contribution in [0.4, 0.5) is 0 Å². The summed E-state index contributed by atoms with van der Waals surface area (Å²) in [6, 6.07) is 8.55. The molecule has 1 N–H and O–H groups in total. The second kappa shape index (κ2) is 8.46. The maximum Gasteiger partial charge on any atom is 0.119 e. The van der Waals surface area contributed by atoms with E-state index in [-0.39, 0.29) is 6.10 Å². The van der Waals surface area contributed by atoms with Crippen LogP contribution in [0.15, 0.2) is 29.2 Å². The SMILES string of the molecule is CSc1ccc(OCCN(CC(C)O)C(C)C)cc1. The van der Waals surface area contributed by atoms with E-state index in [1.165, 1.54) is 4.90 Å². The second-order valence-electron chi connectivity index (χ2n) is 4.96. The van der Waals surface area contributed by atoms with Crippen molar-refractivity contribution in [3.05, 3.63) is 24.3 Å². The molecule has 1 aromatic carbocycles. The van der Waals surface area contributed by atoms with Gasteiger partial charge in [0, 0.05) is 24.0 Å². The van der Waals surface area contributed by atoms with Crippen molar-refractivity contribution in [1.82, 2.24) is 4.90 Å². The number of hydrogen-bond acceptors (Lipinski definition) is 4. The molecular formula is C15H25NO2S. The van der Waals surface area contributed by atoms with E-state index in [1.807, 2.05) is 19.1 Å². The quantitative estimate of drug-likeness (QED) is 0.744. The lowest BCUT2D eigenvalue weighted by molar-refractivity contribution is 0.0955. The Morgan fingerprint density at radius 3 is 2.32 bits per heavy atom. The molecule has 0 aromatic heterocycles. The molecule has 1 unspecified atom stereocenters. The van der Waals surface area contributed by atoms with Crippen LogP contribution in [0.2, 0.25) is 0 Å². The van der Waals surface area contributed by atoms with E-state index in [4.69, 9.17) is 4.74 Å². The molecule has 0 saturated carbocycles. The van der Waals surface area contributed by atoms with Gasteiger partial charge in [-0.2, -0.15) is 0 Å². The lowest BCUT2D eigenvalue weighted by Gasteiger charge is -2.27. The molecule has 0 heterocycles. The fraction of sp³-hybridized carbons (Fsp3) is 0.600. The Kier molecular flexibility index (Phi) is 7.28. The molecule has 0 aliphatic rings.